The summed E-state index contributed by atoms with van der Waals surface area (Å²) in [4.78, 5) is 27.4. The summed E-state index contributed by atoms with van der Waals surface area (Å²) in [5, 5.41) is 7.64. The minimum atomic E-state index is -3.09. The summed E-state index contributed by atoms with van der Waals surface area (Å²) in [6.07, 6.45) is 0.618. The van der Waals surface area contributed by atoms with Gasteiger partial charge in [-0.1, -0.05) is 0 Å². The number of nitrogens with zero attached hydrogens (tertiary/aromatic N) is 3. The van der Waals surface area contributed by atoms with Crippen molar-refractivity contribution in [2.75, 3.05) is 35.4 Å². The minimum Gasteiger partial charge on any atom is -0.497 e. The van der Waals surface area contributed by atoms with Crippen molar-refractivity contribution in [2.24, 2.45) is 5.92 Å². The first-order valence-corrected chi connectivity index (χ1v) is 13.5. The van der Waals surface area contributed by atoms with E-state index in [1.165, 1.54) is 0 Å². The van der Waals surface area contributed by atoms with Crippen LogP contribution < -0.4 is 15.0 Å². The number of aromatic nitrogens is 2. The summed E-state index contributed by atoms with van der Waals surface area (Å²) in [7, 11) is -1.51. The third kappa shape index (κ3) is 3.88. The molecule has 2 atom stereocenters. The zero-order valence-electron chi connectivity index (χ0n) is 17.6. The molecule has 2 amide bonds. The van der Waals surface area contributed by atoms with Crippen LogP contribution in [0.5, 0.6) is 5.75 Å². The quantitative estimate of drug-likeness (QED) is 0.703. The monoisotopic (exact) mass is 476 g/mol. The third-order valence-corrected chi connectivity index (χ3v) is 8.97. The zero-order chi connectivity index (χ0) is 22.5. The predicted molar refractivity (Wildman–Crippen MR) is 122 cm³/mol. The molecule has 3 aliphatic rings. The van der Waals surface area contributed by atoms with E-state index in [2.05, 4.69) is 10.4 Å². The Hall–Kier alpha value is -2.53. The number of nitrogens with one attached hydrogen (secondary N) is 1. The second-order valence-corrected chi connectivity index (χ2v) is 11.6. The number of rotatable bonds is 5. The van der Waals surface area contributed by atoms with Crippen LogP contribution in [0, 0.1) is 5.92 Å². The molecule has 0 bridgehead atoms. The first kappa shape index (κ1) is 21.3. The van der Waals surface area contributed by atoms with E-state index < -0.39 is 15.8 Å². The molecule has 170 valence electrons. The Balaban J connectivity index is 1.35. The summed E-state index contributed by atoms with van der Waals surface area (Å²) in [6.45, 7) is 0.292. The van der Waals surface area contributed by atoms with Crippen molar-refractivity contribution in [3.8, 4) is 5.75 Å². The van der Waals surface area contributed by atoms with E-state index in [4.69, 9.17) is 4.74 Å². The lowest BCUT2D eigenvalue weighted by molar-refractivity contribution is -0.122. The van der Waals surface area contributed by atoms with Gasteiger partial charge in [-0.2, -0.15) is 16.9 Å². The molecule has 11 heteroatoms. The number of hydrogen-bond donors (Lipinski definition) is 1. The van der Waals surface area contributed by atoms with Crippen molar-refractivity contribution in [3.05, 3.63) is 35.5 Å². The van der Waals surface area contributed by atoms with Gasteiger partial charge in [-0.15, -0.1) is 0 Å². The highest BCUT2D eigenvalue weighted by Gasteiger charge is 2.38. The summed E-state index contributed by atoms with van der Waals surface area (Å²) < 4.78 is 30.9. The van der Waals surface area contributed by atoms with Crippen LogP contribution in [0.15, 0.2) is 24.3 Å². The van der Waals surface area contributed by atoms with Gasteiger partial charge >= 0.3 is 0 Å². The standard InChI is InChI=1S/C21H24N4O5S2/c1-30-16-4-2-14(3-5-16)24-9-13(8-19(24)26)21(27)22-20-17-10-31-11-18(17)23-25(20)15-6-7-32(28,29)12-15/h2-5,13,15H,6-12H2,1H3,(H,22,27). The van der Waals surface area contributed by atoms with E-state index in [0.29, 0.717) is 24.5 Å². The first-order chi connectivity index (χ1) is 15.3. The number of hydrogen-bond acceptors (Lipinski definition) is 7. The van der Waals surface area contributed by atoms with Crippen molar-refractivity contribution < 1.29 is 22.7 Å². The van der Waals surface area contributed by atoms with E-state index in [9.17, 15) is 18.0 Å². The molecule has 0 spiro atoms. The number of benzene rings is 1. The maximum absolute atomic E-state index is 13.2. The Labute approximate surface area is 190 Å². The van der Waals surface area contributed by atoms with Crippen LogP contribution in [0.1, 0.15) is 30.1 Å². The Bertz CT molecular complexity index is 1180. The molecule has 0 saturated carbocycles. The molecule has 2 fully saturated rings. The summed E-state index contributed by atoms with van der Waals surface area (Å²) >= 11 is 1.72. The van der Waals surface area contributed by atoms with Gasteiger partial charge in [0, 0.05) is 35.7 Å². The summed E-state index contributed by atoms with van der Waals surface area (Å²) in [5.41, 5.74) is 2.59. The summed E-state index contributed by atoms with van der Waals surface area (Å²) in [5.74, 6) is 2.10. The predicted octanol–water partition coefficient (Wildman–Crippen LogP) is 1.99. The van der Waals surface area contributed by atoms with Crippen LogP contribution in [-0.2, 0) is 30.9 Å². The van der Waals surface area contributed by atoms with Crippen LogP contribution >= 0.6 is 11.8 Å². The molecule has 2 aromatic rings. The number of amides is 2. The lowest BCUT2D eigenvalue weighted by Gasteiger charge is -2.18. The third-order valence-electron chi connectivity index (χ3n) is 6.25. The van der Waals surface area contributed by atoms with Crippen molar-refractivity contribution in [2.45, 2.75) is 30.4 Å². The highest BCUT2D eigenvalue weighted by molar-refractivity contribution is 7.98. The van der Waals surface area contributed by atoms with Crippen molar-refractivity contribution >= 4 is 44.9 Å². The number of methoxy groups -OCH3 is 1. The SMILES string of the molecule is COc1ccc(N2CC(C(=O)Nc3c4c(nn3C3CCS(=O)(=O)C3)CSC4)CC2=O)cc1. The van der Waals surface area contributed by atoms with Gasteiger partial charge in [-0.25, -0.2) is 13.1 Å². The van der Waals surface area contributed by atoms with Gasteiger partial charge in [-0.3, -0.25) is 9.59 Å². The molecule has 1 aromatic carbocycles. The van der Waals surface area contributed by atoms with Gasteiger partial charge in [-0.05, 0) is 30.7 Å². The molecule has 5 rings (SSSR count). The average molecular weight is 477 g/mol. The highest BCUT2D eigenvalue weighted by atomic mass is 32.2. The molecule has 1 aromatic heterocycles. The molecular weight excluding hydrogens is 452 g/mol. The lowest BCUT2D eigenvalue weighted by atomic mass is 10.1. The highest BCUT2D eigenvalue weighted by Crippen LogP contribution is 2.38. The van der Waals surface area contributed by atoms with Crippen LogP contribution in [0.25, 0.3) is 0 Å². The van der Waals surface area contributed by atoms with Gasteiger partial charge in [0.15, 0.2) is 9.84 Å². The molecule has 3 aliphatic heterocycles. The average Bonchev–Trinajstić information content (AvgIpc) is 3.53. The van der Waals surface area contributed by atoms with Crippen molar-refractivity contribution in [1.82, 2.24) is 9.78 Å². The molecular formula is C21H24N4O5S2. The fourth-order valence-electron chi connectivity index (χ4n) is 4.51. The number of sulfone groups is 1. The molecule has 9 nitrogen and oxygen atoms in total. The number of anilines is 2. The van der Waals surface area contributed by atoms with Crippen LogP contribution in [0.2, 0.25) is 0 Å². The van der Waals surface area contributed by atoms with Gasteiger partial charge in [0.1, 0.15) is 11.6 Å². The van der Waals surface area contributed by atoms with Crippen LogP contribution in [-0.4, -0.2) is 55.2 Å². The number of carbonyl (C=O) groups excluding carboxylic acids is 2. The maximum atomic E-state index is 13.2. The van der Waals surface area contributed by atoms with Crippen molar-refractivity contribution in [1.29, 1.82) is 0 Å². The summed E-state index contributed by atoms with van der Waals surface area (Å²) in [6, 6.07) is 6.90. The van der Waals surface area contributed by atoms with Gasteiger partial charge in [0.25, 0.3) is 0 Å². The second-order valence-electron chi connectivity index (χ2n) is 8.36. The Morgan fingerprint density at radius 3 is 2.72 bits per heavy atom. The topological polar surface area (TPSA) is 111 Å². The van der Waals surface area contributed by atoms with Gasteiger partial charge in [0.05, 0.1) is 36.3 Å². The van der Waals surface area contributed by atoms with Gasteiger partial charge in [0.2, 0.25) is 11.8 Å². The number of fused-ring (bicyclic) bond motifs is 1. The van der Waals surface area contributed by atoms with Crippen molar-refractivity contribution in [3.63, 3.8) is 0 Å². The number of carbonyl (C=O) groups is 2. The Morgan fingerprint density at radius 2 is 2.03 bits per heavy atom. The lowest BCUT2D eigenvalue weighted by Crippen LogP contribution is -2.29. The maximum Gasteiger partial charge on any atom is 0.230 e. The smallest absolute Gasteiger partial charge is 0.230 e. The second kappa shape index (κ2) is 8.11. The van der Waals surface area contributed by atoms with E-state index in [1.54, 1.807) is 52.7 Å². The molecule has 2 unspecified atom stereocenters. The Kier molecular flexibility index (Phi) is 5.40. The first-order valence-electron chi connectivity index (χ1n) is 10.5. The van der Waals surface area contributed by atoms with E-state index in [1.807, 2.05) is 0 Å². The number of thioether (sulfide) groups is 1. The molecule has 4 heterocycles. The fraction of sp³-hybridized carbons (Fsp3) is 0.476. The molecule has 1 N–H and O–H groups in total. The minimum absolute atomic E-state index is 0.0384. The van der Waals surface area contributed by atoms with E-state index in [-0.39, 0.29) is 35.8 Å². The van der Waals surface area contributed by atoms with E-state index in [0.717, 1.165) is 28.5 Å². The molecule has 0 radical (unpaired) electrons. The largest absolute Gasteiger partial charge is 0.497 e. The van der Waals surface area contributed by atoms with Crippen LogP contribution in [0.4, 0.5) is 11.5 Å². The number of ether oxygens (including phenoxy) is 1. The van der Waals surface area contributed by atoms with Gasteiger partial charge < -0.3 is 15.0 Å². The van der Waals surface area contributed by atoms with E-state index >= 15 is 0 Å². The fourth-order valence-corrected chi connectivity index (χ4v) is 7.24. The van der Waals surface area contributed by atoms with Crippen LogP contribution in [0.3, 0.4) is 0 Å². The normalized spacial score (nSPS) is 24.0. The Morgan fingerprint density at radius 1 is 1.25 bits per heavy atom. The zero-order valence-corrected chi connectivity index (χ0v) is 19.2. The molecule has 2 saturated heterocycles. The molecule has 0 aliphatic carbocycles. The molecule has 32 heavy (non-hydrogen) atoms.